The Balaban J connectivity index is 1.94. The van der Waals surface area contributed by atoms with Gasteiger partial charge in [0.25, 0.3) is 0 Å². The third-order valence-electron chi connectivity index (χ3n) is 3.98. The van der Waals surface area contributed by atoms with Crippen molar-refractivity contribution in [1.29, 1.82) is 0 Å². The van der Waals surface area contributed by atoms with Gasteiger partial charge in [0.2, 0.25) is 0 Å². The van der Waals surface area contributed by atoms with Crippen LogP contribution in [0.4, 0.5) is 0 Å². The molecule has 1 aromatic heterocycles. The van der Waals surface area contributed by atoms with E-state index in [-0.39, 0.29) is 4.88 Å². The van der Waals surface area contributed by atoms with E-state index in [2.05, 4.69) is 11.1 Å². The number of aryl methyl sites for hydroxylation is 1. The molecule has 3 rings (SSSR count). The van der Waals surface area contributed by atoms with Crippen molar-refractivity contribution in [3.05, 3.63) is 40.4 Å². The van der Waals surface area contributed by atoms with E-state index in [9.17, 15) is 9.90 Å². The Morgan fingerprint density at radius 2 is 2.05 bits per heavy atom. The van der Waals surface area contributed by atoms with Gasteiger partial charge in [0.15, 0.2) is 0 Å². The molecule has 1 aliphatic heterocycles. The molecule has 0 atom stereocenters. The molecule has 0 saturated carbocycles. The molecule has 0 unspecified atom stereocenters. The van der Waals surface area contributed by atoms with Gasteiger partial charge < -0.3 is 14.8 Å². The molecule has 110 valence electrons. The molecule has 0 bridgehead atoms. The van der Waals surface area contributed by atoms with Crippen LogP contribution in [0.25, 0.3) is 10.6 Å². The topological polar surface area (TPSA) is 57.5 Å². The SMILES string of the molecule is Cc1nc(-c2ccccc2C[NH+]2CCCC2)sc1C(=O)[O-]. The van der Waals surface area contributed by atoms with Crippen LogP contribution in [-0.4, -0.2) is 24.0 Å². The Bertz CT molecular complexity index is 660. The summed E-state index contributed by atoms with van der Waals surface area (Å²) >= 11 is 1.21. The van der Waals surface area contributed by atoms with Gasteiger partial charge in [0, 0.05) is 24.0 Å². The summed E-state index contributed by atoms with van der Waals surface area (Å²) in [6.45, 7) is 5.14. The summed E-state index contributed by atoms with van der Waals surface area (Å²) in [6.07, 6.45) is 2.59. The number of benzene rings is 1. The third kappa shape index (κ3) is 2.99. The van der Waals surface area contributed by atoms with E-state index in [4.69, 9.17) is 0 Å². The lowest BCUT2D eigenvalue weighted by molar-refractivity contribution is -0.901. The number of hydrogen-bond donors (Lipinski definition) is 1. The van der Waals surface area contributed by atoms with E-state index in [0.717, 1.165) is 17.1 Å². The van der Waals surface area contributed by atoms with E-state index in [1.807, 2.05) is 18.2 Å². The maximum Gasteiger partial charge on any atom is 0.124 e. The van der Waals surface area contributed by atoms with Crippen LogP contribution >= 0.6 is 11.3 Å². The molecule has 1 saturated heterocycles. The second-order valence-electron chi connectivity index (χ2n) is 5.51. The number of carbonyl (C=O) groups is 1. The second kappa shape index (κ2) is 5.95. The van der Waals surface area contributed by atoms with Crippen molar-refractivity contribution < 1.29 is 14.8 Å². The Morgan fingerprint density at radius 3 is 2.71 bits per heavy atom. The number of carbonyl (C=O) groups excluding carboxylic acids is 1. The van der Waals surface area contributed by atoms with E-state index < -0.39 is 5.97 Å². The number of likely N-dealkylation sites (tertiary alicyclic amines) is 1. The molecule has 1 aliphatic rings. The summed E-state index contributed by atoms with van der Waals surface area (Å²) in [5.41, 5.74) is 2.84. The molecule has 1 N–H and O–H groups in total. The molecule has 4 nitrogen and oxygen atoms in total. The highest BCUT2D eigenvalue weighted by molar-refractivity contribution is 7.17. The Labute approximate surface area is 128 Å². The fourth-order valence-electron chi connectivity index (χ4n) is 2.91. The van der Waals surface area contributed by atoms with Gasteiger partial charge in [-0.05, 0) is 6.92 Å². The zero-order valence-corrected chi connectivity index (χ0v) is 12.8. The first kappa shape index (κ1) is 14.2. The van der Waals surface area contributed by atoms with Crippen molar-refractivity contribution in [2.75, 3.05) is 13.1 Å². The van der Waals surface area contributed by atoms with Crippen LogP contribution in [0.5, 0.6) is 0 Å². The standard InChI is InChI=1S/C16H18N2O2S/c1-11-14(16(19)20)21-15(17-11)13-7-3-2-6-12(13)10-18-8-4-5-9-18/h2-3,6-7H,4-5,8-10H2,1H3,(H,19,20). The average Bonchev–Trinajstić information content (AvgIpc) is 3.09. The van der Waals surface area contributed by atoms with Crippen molar-refractivity contribution >= 4 is 17.3 Å². The molecule has 1 aromatic carbocycles. The molecule has 5 heteroatoms. The number of hydrogen-bond acceptors (Lipinski definition) is 4. The van der Waals surface area contributed by atoms with Crippen molar-refractivity contribution in [3.63, 3.8) is 0 Å². The molecule has 2 aromatic rings. The fourth-order valence-corrected chi connectivity index (χ4v) is 3.87. The first-order valence-electron chi connectivity index (χ1n) is 7.26. The summed E-state index contributed by atoms with van der Waals surface area (Å²) < 4.78 is 0. The highest BCUT2D eigenvalue weighted by atomic mass is 32.1. The van der Waals surface area contributed by atoms with Crippen LogP contribution in [0.15, 0.2) is 24.3 Å². The normalized spacial score (nSPS) is 15.5. The molecule has 21 heavy (non-hydrogen) atoms. The van der Waals surface area contributed by atoms with E-state index in [1.165, 1.54) is 42.8 Å². The monoisotopic (exact) mass is 302 g/mol. The zero-order valence-electron chi connectivity index (χ0n) is 12.0. The average molecular weight is 302 g/mol. The number of carboxylic acid groups (broad SMARTS) is 1. The number of carboxylic acids is 1. The molecule has 0 spiro atoms. The minimum atomic E-state index is -1.14. The predicted octanol–water partition coefficient (Wildman–Crippen LogP) is 0.661. The van der Waals surface area contributed by atoms with Crippen LogP contribution in [-0.2, 0) is 6.54 Å². The largest absolute Gasteiger partial charge is 0.544 e. The van der Waals surface area contributed by atoms with Crippen molar-refractivity contribution in [2.45, 2.75) is 26.3 Å². The smallest absolute Gasteiger partial charge is 0.124 e. The lowest BCUT2D eigenvalue weighted by Crippen LogP contribution is -3.08. The Hall–Kier alpha value is -1.72. The molecule has 0 amide bonds. The maximum absolute atomic E-state index is 11.1. The Kier molecular flexibility index (Phi) is 4.03. The van der Waals surface area contributed by atoms with Gasteiger partial charge in [-0.25, -0.2) is 4.98 Å². The van der Waals surface area contributed by atoms with Crippen LogP contribution in [0, 0.1) is 6.92 Å². The zero-order chi connectivity index (χ0) is 14.8. The number of rotatable bonds is 4. The molecule has 0 radical (unpaired) electrons. The second-order valence-corrected chi connectivity index (χ2v) is 6.51. The fraction of sp³-hybridized carbons (Fsp3) is 0.375. The van der Waals surface area contributed by atoms with Gasteiger partial charge in [-0.2, -0.15) is 0 Å². The van der Waals surface area contributed by atoms with Crippen molar-refractivity contribution in [3.8, 4) is 10.6 Å². The third-order valence-corrected chi connectivity index (χ3v) is 5.15. The molecule has 0 aliphatic carbocycles. The van der Waals surface area contributed by atoms with Crippen molar-refractivity contribution in [2.24, 2.45) is 0 Å². The van der Waals surface area contributed by atoms with Crippen LogP contribution in [0.2, 0.25) is 0 Å². The number of quaternary nitrogens is 1. The minimum Gasteiger partial charge on any atom is -0.544 e. The number of nitrogens with one attached hydrogen (secondary N) is 1. The number of thiazole rings is 1. The first-order chi connectivity index (χ1) is 10.1. The summed E-state index contributed by atoms with van der Waals surface area (Å²) in [6, 6.07) is 8.17. The molecule has 1 fully saturated rings. The maximum atomic E-state index is 11.1. The quantitative estimate of drug-likeness (QED) is 0.903. The minimum absolute atomic E-state index is 0.230. The van der Waals surface area contributed by atoms with Crippen molar-refractivity contribution in [1.82, 2.24) is 4.98 Å². The van der Waals surface area contributed by atoms with E-state index >= 15 is 0 Å². The lowest BCUT2D eigenvalue weighted by atomic mass is 10.1. The Morgan fingerprint density at radius 1 is 1.33 bits per heavy atom. The van der Waals surface area contributed by atoms with Gasteiger partial charge in [0.05, 0.1) is 29.6 Å². The van der Waals surface area contributed by atoms with Gasteiger partial charge in [-0.1, -0.05) is 24.3 Å². The first-order valence-corrected chi connectivity index (χ1v) is 8.07. The number of aromatic carboxylic acids is 1. The molecular formula is C16H18N2O2S. The van der Waals surface area contributed by atoms with Gasteiger partial charge in [-0.3, -0.25) is 0 Å². The predicted molar refractivity (Wildman–Crippen MR) is 80.3 cm³/mol. The summed E-state index contributed by atoms with van der Waals surface area (Å²) in [4.78, 5) is 17.3. The lowest BCUT2D eigenvalue weighted by Gasteiger charge is -2.14. The highest BCUT2D eigenvalue weighted by Gasteiger charge is 2.19. The van der Waals surface area contributed by atoms with Gasteiger partial charge >= 0.3 is 0 Å². The molecular weight excluding hydrogens is 284 g/mol. The van der Waals surface area contributed by atoms with Gasteiger partial charge in [-0.15, -0.1) is 11.3 Å². The highest BCUT2D eigenvalue weighted by Crippen LogP contribution is 2.29. The van der Waals surface area contributed by atoms with Crippen LogP contribution in [0.1, 0.15) is 33.8 Å². The summed E-state index contributed by atoms with van der Waals surface area (Å²) in [5, 5.41) is 11.9. The molecule has 2 heterocycles. The number of aromatic nitrogens is 1. The van der Waals surface area contributed by atoms with E-state index in [1.54, 1.807) is 11.8 Å². The summed E-state index contributed by atoms with van der Waals surface area (Å²) in [7, 11) is 0. The van der Waals surface area contributed by atoms with Crippen LogP contribution < -0.4 is 10.0 Å². The summed E-state index contributed by atoms with van der Waals surface area (Å²) in [5.74, 6) is -1.14. The van der Waals surface area contributed by atoms with E-state index in [0.29, 0.717) is 5.69 Å². The van der Waals surface area contributed by atoms with Crippen LogP contribution in [0.3, 0.4) is 0 Å². The number of nitrogens with zero attached hydrogens (tertiary/aromatic N) is 1. The van der Waals surface area contributed by atoms with Gasteiger partial charge in [0.1, 0.15) is 11.6 Å².